The number of hydrogen-bond acceptors (Lipinski definition) is 7. The van der Waals surface area contributed by atoms with Crippen molar-refractivity contribution in [3.8, 4) is 0 Å². The highest BCUT2D eigenvalue weighted by Gasteiger charge is 2.19. The van der Waals surface area contributed by atoms with Crippen molar-refractivity contribution < 1.29 is 14.0 Å². The zero-order chi connectivity index (χ0) is 25.5. The van der Waals surface area contributed by atoms with Crippen LogP contribution in [0.4, 0.5) is 33.2 Å². The molecule has 0 saturated carbocycles. The topological polar surface area (TPSA) is 96.0 Å². The number of halogens is 2. The van der Waals surface area contributed by atoms with Crippen LogP contribution in [0, 0.1) is 5.82 Å². The van der Waals surface area contributed by atoms with Gasteiger partial charge in [-0.05, 0) is 54.3 Å². The number of rotatable bonds is 9. The Balaban J connectivity index is 1.70. The quantitative estimate of drug-likeness (QED) is 0.162. The van der Waals surface area contributed by atoms with Gasteiger partial charge in [-0.2, -0.15) is 4.98 Å². The molecule has 1 heterocycles. The van der Waals surface area contributed by atoms with Crippen molar-refractivity contribution in [2.75, 3.05) is 21.7 Å². The van der Waals surface area contributed by atoms with E-state index < -0.39 is 11.7 Å². The van der Waals surface area contributed by atoms with Crippen LogP contribution in [0.3, 0.4) is 0 Å². The summed E-state index contributed by atoms with van der Waals surface area (Å²) >= 11 is 7.72. The monoisotopic (exact) mass is 521 g/mol. The molecule has 0 saturated heterocycles. The maximum Gasteiger partial charge on any atom is 0.261 e. The van der Waals surface area contributed by atoms with Crippen molar-refractivity contribution in [3.05, 3.63) is 94.9 Å². The predicted octanol–water partition coefficient (Wildman–Crippen LogP) is 6.93. The van der Waals surface area contributed by atoms with Gasteiger partial charge in [0.2, 0.25) is 5.95 Å². The molecule has 1 amide bonds. The van der Waals surface area contributed by atoms with Gasteiger partial charge in [0.05, 0.1) is 16.4 Å². The van der Waals surface area contributed by atoms with E-state index in [0.717, 1.165) is 22.6 Å². The van der Waals surface area contributed by atoms with Gasteiger partial charge in [-0.3, -0.25) is 9.59 Å². The number of para-hydroxylation sites is 2. The van der Waals surface area contributed by atoms with E-state index in [9.17, 15) is 14.0 Å². The lowest BCUT2D eigenvalue weighted by atomic mass is 10.2. The minimum Gasteiger partial charge on any atom is -0.338 e. The smallest absolute Gasteiger partial charge is 0.261 e. The Hall–Kier alpha value is -3.95. The summed E-state index contributed by atoms with van der Waals surface area (Å²) in [4.78, 5) is 33.8. The maximum atomic E-state index is 14.3. The molecule has 0 spiro atoms. The molecular formula is C26H21ClFN5O2S. The molecule has 0 bridgehead atoms. The molecule has 0 aliphatic carbocycles. The summed E-state index contributed by atoms with van der Waals surface area (Å²) < 4.78 is 14.3. The van der Waals surface area contributed by atoms with Crippen molar-refractivity contribution >= 4 is 64.4 Å². The first-order valence-corrected chi connectivity index (χ1v) is 12.3. The van der Waals surface area contributed by atoms with Gasteiger partial charge in [0, 0.05) is 22.3 Å². The van der Waals surface area contributed by atoms with E-state index in [1.54, 1.807) is 36.0 Å². The van der Waals surface area contributed by atoms with E-state index in [0.29, 0.717) is 11.3 Å². The number of nitrogens with zero attached hydrogens (tertiary/aromatic N) is 2. The van der Waals surface area contributed by atoms with E-state index in [1.807, 2.05) is 31.2 Å². The number of nitrogens with one attached hydrogen (secondary N) is 3. The number of carbonyl (C=O) groups excluding carboxylic acids is 2. The minimum absolute atomic E-state index is 0.0699. The molecule has 10 heteroatoms. The molecule has 1 aromatic heterocycles. The van der Waals surface area contributed by atoms with Crippen LogP contribution in [0.1, 0.15) is 27.6 Å². The van der Waals surface area contributed by atoms with Crippen LogP contribution < -0.4 is 16.0 Å². The third-order valence-electron chi connectivity index (χ3n) is 4.98. The molecule has 4 rings (SSSR count). The Morgan fingerprint density at radius 2 is 1.83 bits per heavy atom. The van der Waals surface area contributed by atoms with E-state index in [-0.39, 0.29) is 28.0 Å². The van der Waals surface area contributed by atoms with Crippen molar-refractivity contribution in [1.82, 2.24) is 9.97 Å². The fraction of sp³-hybridized carbons (Fsp3) is 0.0769. The van der Waals surface area contributed by atoms with E-state index in [4.69, 9.17) is 11.6 Å². The average molecular weight is 522 g/mol. The van der Waals surface area contributed by atoms with Crippen LogP contribution in [0.15, 0.2) is 77.8 Å². The molecule has 182 valence electrons. The number of hydrogen-bond donors (Lipinski definition) is 3. The Bertz CT molecular complexity index is 1380. The molecule has 0 unspecified atom stereocenters. The molecule has 7 nitrogen and oxygen atoms in total. The Kier molecular flexibility index (Phi) is 8.14. The maximum absolute atomic E-state index is 14.3. The van der Waals surface area contributed by atoms with E-state index >= 15 is 0 Å². The molecule has 0 atom stereocenters. The molecule has 36 heavy (non-hydrogen) atoms. The van der Waals surface area contributed by atoms with Gasteiger partial charge in [0.1, 0.15) is 23.5 Å². The van der Waals surface area contributed by atoms with Crippen LogP contribution in [0.2, 0.25) is 5.02 Å². The van der Waals surface area contributed by atoms with E-state index in [1.165, 1.54) is 24.4 Å². The predicted molar refractivity (Wildman–Crippen MR) is 143 cm³/mol. The largest absolute Gasteiger partial charge is 0.338 e. The standard InChI is InChI=1S/C26H21ClFN5O2S/c1-2-36-22-9-4-3-8-21(22)31-24-18(25(35)32-23-19(27)6-5-7-20(23)28)14-29-26(33-24)30-17-12-10-16(15-34)11-13-17/h3-15H,2H2,1H3,(H,32,35)(H2,29,30,31,33). The third kappa shape index (κ3) is 5.99. The van der Waals surface area contributed by atoms with Gasteiger partial charge < -0.3 is 16.0 Å². The molecule has 0 aliphatic rings. The zero-order valence-electron chi connectivity index (χ0n) is 19.1. The van der Waals surface area contributed by atoms with E-state index in [2.05, 4.69) is 25.9 Å². The van der Waals surface area contributed by atoms with Gasteiger partial charge >= 0.3 is 0 Å². The first-order chi connectivity index (χ1) is 17.5. The van der Waals surface area contributed by atoms with Crippen molar-refractivity contribution in [2.24, 2.45) is 0 Å². The highest BCUT2D eigenvalue weighted by Crippen LogP contribution is 2.31. The normalized spacial score (nSPS) is 10.5. The second-order valence-electron chi connectivity index (χ2n) is 7.43. The van der Waals surface area contributed by atoms with Gasteiger partial charge in [-0.15, -0.1) is 11.8 Å². The Labute approximate surface area is 216 Å². The van der Waals surface area contributed by atoms with Gasteiger partial charge in [-0.1, -0.05) is 36.7 Å². The molecule has 0 aliphatic heterocycles. The van der Waals surface area contributed by atoms with Crippen LogP contribution >= 0.6 is 23.4 Å². The highest BCUT2D eigenvalue weighted by molar-refractivity contribution is 7.99. The number of benzene rings is 3. The van der Waals surface area contributed by atoms with Crippen molar-refractivity contribution in [1.29, 1.82) is 0 Å². The summed E-state index contributed by atoms with van der Waals surface area (Å²) in [7, 11) is 0. The van der Waals surface area contributed by atoms with Crippen LogP contribution in [-0.2, 0) is 0 Å². The molecule has 3 aromatic carbocycles. The average Bonchev–Trinajstić information content (AvgIpc) is 2.88. The molecule has 3 N–H and O–H groups in total. The third-order valence-corrected chi connectivity index (χ3v) is 6.25. The summed E-state index contributed by atoms with van der Waals surface area (Å²) in [6.45, 7) is 2.04. The van der Waals surface area contributed by atoms with Crippen molar-refractivity contribution in [3.63, 3.8) is 0 Å². The van der Waals surface area contributed by atoms with Gasteiger partial charge in [0.15, 0.2) is 0 Å². The number of anilines is 5. The number of carbonyl (C=O) groups is 2. The second-order valence-corrected chi connectivity index (χ2v) is 9.14. The van der Waals surface area contributed by atoms with Crippen LogP contribution in [0.25, 0.3) is 0 Å². The lowest BCUT2D eigenvalue weighted by molar-refractivity contribution is 0.102. The summed E-state index contributed by atoms with van der Waals surface area (Å²) in [5.74, 6) is -0.00540. The number of amides is 1. The molecule has 4 aromatic rings. The summed E-state index contributed by atoms with van der Waals surface area (Å²) in [6.07, 6.45) is 2.10. The fourth-order valence-corrected chi connectivity index (χ4v) is 4.23. The number of thioether (sulfide) groups is 1. The highest BCUT2D eigenvalue weighted by atomic mass is 35.5. The fourth-order valence-electron chi connectivity index (χ4n) is 3.25. The molecule has 0 radical (unpaired) electrons. The first-order valence-electron chi connectivity index (χ1n) is 10.9. The number of aldehydes is 1. The van der Waals surface area contributed by atoms with Gasteiger partial charge in [0.25, 0.3) is 5.91 Å². The summed E-state index contributed by atoms with van der Waals surface area (Å²) in [5, 5.41) is 8.87. The zero-order valence-corrected chi connectivity index (χ0v) is 20.7. The molecule has 0 fully saturated rings. The lowest BCUT2D eigenvalue weighted by Gasteiger charge is -2.15. The molecular weight excluding hydrogens is 501 g/mol. The van der Waals surface area contributed by atoms with Crippen LogP contribution in [0.5, 0.6) is 0 Å². The summed E-state index contributed by atoms with van der Waals surface area (Å²) in [5.41, 5.74) is 1.90. The number of aromatic nitrogens is 2. The Morgan fingerprint density at radius 1 is 1.06 bits per heavy atom. The lowest BCUT2D eigenvalue weighted by Crippen LogP contribution is -2.17. The minimum atomic E-state index is -0.659. The van der Waals surface area contributed by atoms with Crippen molar-refractivity contribution in [2.45, 2.75) is 11.8 Å². The second kappa shape index (κ2) is 11.7. The van der Waals surface area contributed by atoms with Gasteiger partial charge in [-0.25, -0.2) is 9.37 Å². The summed E-state index contributed by atoms with van der Waals surface area (Å²) in [6, 6.07) is 18.5. The Morgan fingerprint density at radius 3 is 2.56 bits per heavy atom. The first kappa shape index (κ1) is 25.2. The van der Waals surface area contributed by atoms with Crippen LogP contribution in [-0.4, -0.2) is 27.9 Å². The SMILES string of the molecule is CCSc1ccccc1Nc1nc(Nc2ccc(C=O)cc2)ncc1C(=O)Nc1c(F)cccc1Cl.